The van der Waals surface area contributed by atoms with Crippen LogP contribution in [0.15, 0.2) is 18.2 Å². The summed E-state index contributed by atoms with van der Waals surface area (Å²) in [7, 11) is 7.34. The van der Waals surface area contributed by atoms with Gasteiger partial charge in [-0.3, -0.25) is 8.67 Å². The lowest BCUT2D eigenvalue weighted by atomic mass is 10.2. The molecule has 0 radical (unpaired) electrons. The zero-order valence-corrected chi connectivity index (χ0v) is 15.7. The molecule has 0 N–H and O–H groups in total. The van der Waals surface area contributed by atoms with Crippen molar-refractivity contribution in [2.24, 2.45) is 0 Å². The van der Waals surface area contributed by atoms with E-state index in [1.807, 2.05) is 33.3 Å². The van der Waals surface area contributed by atoms with Crippen LogP contribution in [0, 0.1) is 0 Å². The van der Waals surface area contributed by atoms with Crippen molar-refractivity contribution in [2.75, 3.05) is 49.5 Å². The van der Waals surface area contributed by atoms with Crippen LogP contribution in [0.3, 0.4) is 0 Å². The number of nitrogens with zero attached hydrogens (tertiary/aromatic N) is 2. The number of hydrogen-bond acceptors (Lipinski definition) is 7. The van der Waals surface area contributed by atoms with E-state index in [1.165, 1.54) is 4.90 Å². The van der Waals surface area contributed by atoms with Gasteiger partial charge < -0.3 is 18.9 Å². The third kappa shape index (κ3) is 8.11. The molecule has 1 aromatic carbocycles. The first-order valence-electron chi connectivity index (χ1n) is 6.72. The zero-order valence-electron chi connectivity index (χ0n) is 14.9. The minimum absolute atomic E-state index is 0.424. The van der Waals surface area contributed by atoms with Crippen LogP contribution in [0.4, 0.5) is 10.5 Å². The second-order valence-corrected chi connectivity index (χ2v) is 6.83. The van der Waals surface area contributed by atoms with Gasteiger partial charge in [0.15, 0.2) is 11.5 Å². The highest BCUT2D eigenvalue weighted by Gasteiger charge is 2.18. The molecule has 0 saturated heterocycles. The normalized spacial score (nSPS) is 11.2. The first kappa shape index (κ1) is 22.1. The molecule has 0 aliphatic carbocycles. The Bertz CT molecular complexity index is 652. The summed E-state index contributed by atoms with van der Waals surface area (Å²) in [4.78, 5) is 13.0. The average Bonchev–Trinajstić information content (AvgIpc) is 2.46. The molecule has 10 heteroatoms. The van der Waals surface area contributed by atoms with Crippen LogP contribution in [-0.4, -0.2) is 73.4 Å². The summed E-state index contributed by atoms with van der Waals surface area (Å²) >= 11 is 0. The Kier molecular flexibility index (Phi) is 8.14. The molecule has 1 amide bonds. The third-order valence-corrected chi connectivity index (χ3v) is 3.10. The smallest absolute Gasteiger partial charge is 0.414 e. The van der Waals surface area contributed by atoms with Crippen molar-refractivity contribution < 1.29 is 31.4 Å². The van der Waals surface area contributed by atoms with Gasteiger partial charge in [0.05, 0.1) is 35.4 Å². The van der Waals surface area contributed by atoms with E-state index in [2.05, 4.69) is 4.18 Å². The van der Waals surface area contributed by atoms with E-state index < -0.39 is 16.5 Å². The number of rotatable bonds is 4. The average molecular weight is 364 g/mol. The first-order valence-corrected chi connectivity index (χ1v) is 8.05. The Labute approximate surface area is 142 Å². The van der Waals surface area contributed by atoms with E-state index in [0.29, 0.717) is 16.0 Å². The molecule has 0 aliphatic rings. The fourth-order valence-corrected chi connectivity index (χ4v) is 1.35. The highest BCUT2D eigenvalue weighted by molar-refractivity contribution is 7.80. The number of quaternary nitrogens is 1. The molecule has 0 saturated carbocycles. The third-order valence-electron chi connectivity index (χ3n) is 2.69. The van der Waals surface area contributed by atoms with E-state index in [4.69, 9.17) is 9.47 Å². The number of ether oxygens (including phenoxy) is 2. The van der Waals surface area contributed by atoms with Crippen LogP contribution in [0.25, 0.3) is 0 Å². The van der Waals surface area contributed by atoms with Crippen LogP contribution in [0.5, 0.6) is 11.5 Å². The predicted octanol–water partition coefficient (Wildman–Crippen LogP) is 1.05. The van der Waals surface area contributed by atoms with Crippen molar-refractivity contribution in [1.82, 2.24) is 9.38 Å². The summed E-state index contributed by atoms with van der Waals surface area (Å²) in [6.45, 7) is 0. The molecule has 9 nitrogen and oxygen atoms in total. The van der Waals surface area contributed by atoms with Crippen molar-refractivity contribution in [2.45, 2.75) is 0 Å². The van der Waals surface area contributed by atoms with Gasteiger partial charge in [-0.2, -0.15) is 0 Å². The number of amides is 1. The minimum atomic E-state index is -4.41. The summed E-state index contributed by atoms with van der Waals surface area (Å²) in [6.07, 6.45) is -0.424. The minimum Gasteiger partial charge on any atom is -0.726 e. The maximum Gasteiger partial charge on any atom is 0.414 e. The molecule has 138 valence electrons. The standard InChI is InChI=1S/C13H21N2O3.CH4O4S/c1-14(2)13(16)18-12-9-10(15(3,4)5)7-8-11(12)17-6;1-5-6(2,3)4/h7-9H,1-6H3;1H3,(H,2,3,4)/q+1;/p-1. The predicted molar refractivity (Wildman–Crippen MR) is 89.0 cm³/mol. The fourth-order valence-electron chi connectivity index (χ4n) is 1.35. The Morgan fingerprint density at radius 1 is 1.12 bits per heavy atom. The quantitative estimate of drug-likeness (QED) is 0.446. The second-order valence-electron chi connectivity index (χ2n) is 5.68. The van der Waals surface area contributed by atoms with Crippen molar-refractivity contribution in [3.8, 4) is 11.5 Å². The van der Waals surface area contributed by atoms with E-state index in [1.54, 1.807) is 27.3 Å². The lowest BCUT2D eigenvalue weighted by Gasteiger charge is -2.24. The Hall–Kier alpha value is -1.88. The van der Waals surface area contributed by atoms with Gasteiger partial charge in [-0.1, -0.05) is 0 Å². The molecule has 0 spiro atoms. The number of carbonyl (C=O) groups is 1. The van der Waals surface area contributed by atoms with Crippen molar-refractivity contribution in [3.63, 3.8) is 0 Å². The van der Waals surface area contributed by atoms with Crippen molar-refractivity contribution in [3.05, 3.63) is 18.2 Å². The van der Waals surface area contributed by atoms with Crippen molar-refractivity contribution >= 4 is 22.2 Å². The highest BCUT2D eigenvalue weighted by Crippen LogP contribution is 2.33. The van der Waals surface area contributed by atoms with Gasteiger partial charge in [-0.05, 0) is 6.07 Å². The van der Waals surface area contributed by atoms with Crippen LogP contribution >= 0.6 is 0 Å². The van der Waals surface area contributed by atoms with Crippen molar-refractivity contribution in [1.29, 1.82) is 0 Å². The van der Waals surface area contributed by atoms with Gasteiger partial charge in [0.1, 0.15) is 5.69 Å². The van der Waals surface area contributed by atoms with E-state index in [0.717, 1.165) is 12.8 Å². The van der Waals surface area contributed by atoms with Gasteiger partial charge >= 0.3 is 6.09 Å². The van der Waals surface area contributed by atoms with E-state index in [-0.39, 0.29) is 0 Å². The topological polar surface area (TPSA) is 105 Å². The summed E-state index contributed by atoms with van der Waals surface area (Å²) in [6, 6.07) is 5.57. The Morgan fingerprint density at radius 2 is 1.62 bits per heavy atom. The van der Waals surface area contributed by atoms with Gasteiger partial charge in [-0.15, -0.1) is 0 Å². The SMILES string of the molecule is COS(=O)(=O)[O-].COc1ccc([N+](C)(C)C)cc1OC(=O)N(C)C. The van der Waals surface area contributed by atoms with Crippen LogP contribution in [-0.2, 0) is 14.6 Å². The maximum absolute atomic E-state index is 11.6. The molecule has 0 bridgehead atoms. The number of hydrogen-bond donors (Lipinski definition) is 0. The van der Waals surface area contributed by atoms with Crippen LogP contribution in [0.1, 0.15) is 0 Å². The molecule has 0 atom stereocenters. The molecule has 0 aliphatic heterocycles. The number of methoxy groups -OCH3 is 1. The highest BCUT2D eigenvalue weighted by atomic mass is 32.3. The fraction of sp³-hybridized carbons (Fsp3) is 0.500. The van der Waals surface area contributed by atoms with Crippen LogP contribution in [0.2, 0.25) is 0 Å². The molecule has 24 heavy (non-hydrogen) atoms. The molecule has 1 rings (SSSR count). The van der Waals surface area contributed by atoms with Gasteiger partial charge in [-0.25, -0.2) is 13.2 Å². The molecule has 1 aromatic rings. The summed E-state index contributed by atoms with van der Waals surface area (Å²) in [5, 5.41) is 0. The van der Waals surface area contributed by atoms with Gasteiger partial charge in [0.2, 0.25) is 10.4 Å². The molecule has 0 unspecified atom stereocenters. The van der Waals surface area contributed by atoms with Gasteiger partial charge in [0.25, 0.3) is 0 Å². The van der Waals surface area contributed by atoms with E-state index >= 15 is 0 Å². The monoisotopic (exact) mass is 364 g/mol. The summed E-state index contributed by atoms with van der Waals surface area (Å²) < 4.78 is 42.1. The lowest BCUT2D eigenvalue weighted by molar-refractivity contribution is 0.170. The van der Waals surface area contributed by atoms with Crippen LogP contribution < -0.4 is 14.0 Å². The Balaban J connectivity index is 0.000000754. The zero-order chi connectivity index (χ0) is 19.1. The molecule has 0 aromatic heterocycles. The molecule has 0 fully saturated rings. The number of carbonyl (C=O) groups excluding carboxylic acids is 1. The Morgan fingerprint density at radius 3 is 1.96 bits per heavy atom. The summed E-state index contributed by atoms with van der Waals surface area (Å²) in [5.74, 6) is 0.976. The molecule has 0 heterocycles. The maximum atomic E-state index is 11.6. The summed E-state index contributed by atoms with van der Waals surface area (Å²) in [5.41, 5.74) is 1.03. The first-order chi connectivity index (χ1) is 10.8. The molecular formula is C14H24N2O7S. The largest absolute Gasteiger partial charge is 0.726 e. The lowest BCUT2D eigenvalue weighted by Crippen LogP contribution is -2.34. The number of benzene rings is 1. The molecular weight excluding hydrogens is 340 g/mol. The van der Waals surface area contributed by atoms with Gasteiger partial charge in [0, 0.05) is 26.2 Å². The van der Waals surface area contributed by atoms with E-state index in [9.17, 15) is 17.8 Å². The second kappa shape index (κ2) is 8.83.